The Labute approximate surface area is 81.6 Å². The second kappa shape index (κ2) is 3.99. The number of H-pyrrole nitrogens is 1. The molecule has 1 heteroatoms. The van der Waals surface area contributed by atoms with Gasteiger partial charge in [0.2, 0.25) is 0 Å². The second-order valence-corrected chi connectivity index (χ2v) is 3.99. The molecule has 1 aromatic rings. The van der Waals surface area contributed by atoms with Crippen LogP contribution in [-0.4, -0.2) is 4.98 Å². The third kappa shape index (κ3) is 1.79. The zero-order chi connectivity index (χ0) is 9.90. The van der Waals surface area contributed by atoms with Gasteiger partial charge in [0.1, 0.15) is 0 Å². The van der Waals surface area contributed by atoms with Gasteiger partial charge in [0.15, 0.2) is 0 Å². The van der Waals surface area contributed by atoms with Crippen LogP contribution >= 0.6 is 0 Å². The Bertz CT molecular complexity index is 256. The first-order chi connectivity index (χ1) is 6.18. The quantitative estimate of drug-likeness (QED) is 0.726. The Balaban J connectivity index is 3.03. The fourth-order valence-electron chi connectivity index (χ4n) is 1.89. The zero-order valence-electron chi connectivity index (χ0n) is 9.28. The largest absolute Gasteiger partial charge is 0.365 e. The fourth-order valence-corrected chi connectivity index (χ4v) is 1.89. The summed E-state index contributed by atoms with van der Waals surface area (Å²) in [6.45, 7) is 9.11. The molecular weight excluding hydrogens is 158 g/mol. The molecular formula is C12H21N. The lowest BCUT2D eigenvalue weighted by Gasteiger charge is -2.27. The van der Waals surface area contributed by atoms with Crippen molar-refractivity contribution in [3.8, 4) is 0 Å². The molecule has 1 aromatic heterocycles. The highest BCUT2D eigenvalue weighted by atomic mass is 14.7. The number of hydrogen-bond donors (Lipinski definition) is 1. The summed E-state index contributed by atoms with van der Waals surface area (Å²) in [5.74, 6) is 0. The van der Waals surface area contributed by atoms with Gasteiger partial charge < -0.3 is 4.98 Å². The molecule has 0 aliphatic heterocycles. The van der Waals surface area contributed by atoms with Gasteiger partial charge in [-0.05, 0) is 36.3 Å². The predicted octanol–water partition coefficient (Wildman–Crippen LogP) is 3.65. The van der Waals surface area contributed by atoms with Crippen molar-refractivity contribution < 1.29 is 0 Å². The molecule has 0 radical (unpaired) electrons. The summed E-state index contributed by atoms with van der Waals surface area (Å²) >= 11 is 0. The van der Waals surface area contributed by atoms with Crippen molar-refractivity contribution in [1.29, 1.82) is 0 Å². The summed E-state index contributed by atoms with van der Waals surface area (Å²) < 4.78 is 0. The minimum absolute atomic E-state index is 0.366. The highest BCUT2D eigenvalue weighted by Gasteiger charge is 2.24. The summed E-state index contributed by atoms with van der Waals surface area (Å²) in [5, 5.41) is 0. The van der Waals surface area contributed by atoms with Gasteiger partial charge in [0.25, 0.3) is 0 Å². The van der Waals surface area contributed by atoms with Crippen molar-refractivity contribution in [3.05, 3.63) is 23.5 Å². The molecule has 0 spiro atoms. The van der Waals surface area contributed by atoms with Crippen LogP contribution in [0.5, 0.6) is 0 Å². The van der Waals surface area contributed by atoms with E-state index >= 15 is 0 Å². The van der Waals surface area contributed by atoms with E-state index in [4.69, 9.17) is 0 Å². The number of rotatable bonds is 4. The van der Waals surface area contributed by atoms with E-state index in [1.165, 1.54) is 24.1 Å². The van der Waals surface area contributed by atoms with Crippen molar-refractivity contribution >= 4 is 0 Å². The van der Waals surface area contributed by atoms with Gasteiger partial charge in [-0.15, -0.1) is 0 Å². The monoisotopic (exact) mass is 179 g/mol. The Morgan fingerprint density at radius 3 is 2.31 bits per heavy atom. The molecule has 0 amide bonds. The average Bonchev–Trinajstić information content (AvgIpc) is 2.65. The van der Waals surface area contributed by atoms with Crippen LogP contribution in [0.1, 0.15) is 51.8 Å². The van der Waals surface area contributed by atoms with Crippen LogP contribution in [-0.2, 0) is 11.8 Å². The molecule has 0 aliphatic carbocycles. The van der Waals surface area contributed by atoms with Crippen LogP contribution in [0.2, 0.25) is 0 Å². The lowest BCUT2D eigenvalue weighted by Crippen LogP contribution is -2.20. The van der Waals surface area contributed by atoms with Gasteiger partial charge in [0, 0.05) is 11.9 Å². The first kappa shape index (κ1) is 10.4. The Morgan fingerprint density at radius 2 is 1.85 bits per heavy atom. The van der Waals surface area contributed by atoms with Gasteiger partial charge in [-0.2, -0.15) is 0 Å². The van der Waals surface area contributed by atoms with Crippen LogP contribution < -0.4 is 0 Å². The molecule has 0 aliphatic rings. The molecule has 1 rings (SSSR count). The molecule has 13 heavy (non-hydrogen) atoms. The lowest BCUT2D eigenvalue weighted by molar-refractivity contribution is 0.435. The molecule has 0 atom stereocenters. The van der Waals surface area contributed by atoms with Gasteiger partial charge >= 0.3 is 0 Å². The van der Waals surface area contributed by atoms with Crippen LogP contribution in [0.15, 0.2) is 12.3 Å². The van der Waals surface area contributed by atoms with Gasteiger partial charge in [-0.25, -0.2) is 0 Å². The average molecular weight is 179 g/mol. The molecule has 0 saturated carbocycles. The normalized spacial score (nSPS) is 12.0. The molecule has 74 valence electrons. The van der Waals surface area contributed by atoms with Crippen molar-refractivity contribution in [1.82, 2.24) is 4.98 Å². The first-order valence-corrected chi connectivity index (χ1v) is 5.34. The highest BCUT2D eigenvalue weighted by Crippen LogP contribution is 2.33. The standard InChI is InChI=1S/C12H21N/c1-5-11-10(8-9-13-11)12(4,6-2)7-3/h8-9,13H,5-7H2,1-4H3. The highest BCUT2D eigenvalue weighted by molar-refractivity contribution is 5.29. The zero-order valence-corrected chi connectivity index (χ0v) is 9.28. The SMILES string of the molecule is CCc1[nH]ccc1C(C)(CC)CC. The van der Waals surface area contributed by atoms with E-state index in [2.05, 4.69) is 44.9 Å². The summed E-state index contributed by atoms with van der Waals surface area (Å²) in [4.78, 5) is 3.33. The van der Waals surface area contributed by atoms with Crippen molar-refractivity contribution in [2.24, 2.45) is 0 Å². The number of aromatic nitrogens is 1. The van der Waals surface area contributed by atoms with Crippen LogP contribution in [0.4, 0.5) is 0 Å². The Kier molecular flexibility index (Phi) is 3.18. The molecule has 1 heterocycles. The predicted molar refractivity (Wildman–Crippen MR) is 58.1 cm³/mol. The minimum atomic E-state index is 0.366. The van der Waals surface area contributed by atoms with E-state index in [0.29, 0.717) is 5.41 Å². The molecule has 0 bridgehead atoms. The van der Waals surface area contributed by atoms with E-state index in [1.807, 2.05) is 0 Å². The summed E-state index contributed by atoms with van der Waals surface area (Å²) in [5.41, 5.74) is 3.29. The summed E-state index contributed by atoms with van der Waals surface area (Å²) in [7, 11) is 0. The maximum Gasteiger partial charge on any atom is 0.0182 e. The summed E-state index contributed by atoms with van der Waals surface area (Å²) in [6, 6.07) is 2.24. The van der Waals surface area contributed by atoms with Gasteiger partial charge in [-0.1, -0.05) is 27.7 Å². The smallest absolute Gasteiger partial charge is 0.0182 e. The van der Waals surface area contributed by atoms with Crippen LogP contribution in [0.3, 0.4) is 0 Å². The molecule has 0 fully saturated rings. The van der Waals surface area contributed by atoms with Crippen LogP contribution in [0, 0.1) is 0 Å². The molecule has 1 nitrogen and oxygen atoms in total. The van der Waals surface area contributed by atoms with Crippen LogP contribution in [0.25, 0.3) is 0 Å². The Hall–Kier alpha value is -0.720. The number of nitrogens with one attached hydrogen (secondary N) is 1. The summed E-state index contributed by atoms with van der Waals surface area (Å²) in [6.07, 6.45) is 5.61. The molecule has 0 unspecified atom stereocenters. The molecule has 0 saturated heterocycles. The lowest BCUT2D eigenvalue weighted by atomic mass is 9.77. The van der Waals surface area contributed by atoms with E-state index in [9.17, 15) is 0 Å². The van der Waals surface area contributed by atoms with Crippen molar-refractivity contribution in [2.45, 2.75) is 52.4 Å². The minimum Gasteiger partial charge on any atom is -0.365 e. The van der Waals surface area contributed by atoms with Gasteiger partial charge in [-0.3, -0.25) is 0 Å². The topological polar surface area (TPSA) is 15.8 Å². The van der Waals surface area contributed by atoms with E-state index in [-0.39, 0.29) is 0 Å². The van der Waals surface area contributed by atoms with E-state index in [0.717, 1.165) is 6.42 Å². The van der Waals surface area contributed by atoms with Crippen molar-refractivity contribution in [3.63, 3.8) is 0 Å². The first-order valence-electron chi connectivity index (χ1n) is 5.34. The van der Waals surface area contributed by atoms with E-state index < -0.39 is 0 Å². The maximum absolute atomic E-state index is 3.33. The molecule has 0 aromatic carbocycles. The van der Waals surface area contributed by atoms with Gasteiger partial charge in [0.05, 0.1) is 0 Å². The number of hydrogen-bond acceptors (Lipinski definition) is 0. The second-order valence-electron chi connectivity index (χ2n) is 3.99. The number of aromatic amines is 1. The number of aryl methyl sites for hydroxylation is 1. The molecule has 1 N–H and O–H groups in total. The van der Waals surface area contributed by atoms with Crippen molar-refractivity contribution in [2.75, 3.05) is 0 Å². The third-order valence-corrected chi connectivity index (χ3v) is 3.40. The fraction of sp³-hybridized carbons (Fsp3) is 0.667. The third-order valence-electron chi connectivity index (χ3n) is 3.40. The Morgan fingerprint density at radius 1 is 1.23 bits per heavy atom. The maximum atomic E-state index is 3.33. The van der Waals surface area contributed by atoms with E-state index in [1.54, 1.807) is 0 Å².